The highest BCUT2D eigenvalue weighted by molar-refractivity contribution is 7.98. The third kappa shape index (κ3) is 4.06. The molecule has 7 nitrogen and oxygen atoms in total. The molecule has 1 aromatic rings. The van der Waals surface area contributed by atoms with Gasteiger partial charge in [-0.15, -0.1) is 0 Å². The molecule has 1 rings (SSSR count). The predicted molar refractivity (Wildman–Crippen MR) is 60.9 cm³/mol. The zero-order chi connectivity index (χ0) is 12.8. The highest BCUT2D eigenvalue weighted by Gasteiger charge is 2.22. The molecule has 1 unspecified atom stereocenters. The number of nitrogens with one attached hydrogen (secondary N) is 1. The standard InChI is InChI=1S/C9H13N3O4S/c1-5-10-7(12-16-5)8(13)11-6(9(14)15)3-4-17-2/h6H,3-4H2,1-2H3,(H,11,13)(H,14,15). The van der Waals surface area contributed by atoms with Gasteiger partial charge in [0.25, 0.3) is 11.7 Å². The van der Waals surface area contributed by atoms with Crippen molar-refractivity contribution in [2.75, 3.05) is 12.0 Å². The number of carboxylic acid groups (broad SMARTS) is 1. The number of carbonyl (C=O) groups excluding carboxylic acids is 1. The molecule has 1 aromatic heterocycles. The molecule has 8 heteroatoms. The third-order valence-electron chi connectivity index (χ3n) is 1.94. The van der Waals surface area contributed by atoms with Crippen LogP contribution in [0.25, 0.3) is 0 Å². The van der Waals surface area contributed by atoms with E-state index in [0.29, 0.717) is 12.2 Å². The smallest absolute Gasteiger partial charge is 0.326 e. The van der Waals surface area contributed by atoms with Gasteiger partial charge in [0.2, 0.25) is 5.89 Å². The number of hydrogen-bond acceptors (Lipinski definition) is 6. The van der Waals surface area contributed by atoms with Gasteiger partial charge in [0.05, 0.1) is 0 Å². The predicted octanol–water partition coefficient (Wildman–Crippen LogP) is 0.314. The summed E-state index contributed by atoms with van der Waals surface area (Å²) in [5.74, 6) is -0.977. The minimum Gasteiger partial charge on any atom is -0.480 e. The maximum absolute atomic E-state index is 11.6. The largest absolute Gasteiger partial charge is 0.480 e. The van der Waals surface area contributed by atoms with Crippen molar-refractivity contribution >= 4 is 23.6 Å². The van der Waals surface area contributed by atoms with Gasteiger partial charge in [0.1, 0.15) is 6.04 Å². The number of aliphatic carboxylic acids is 1. The number of aryl methyl sites for hydroxylation is 1. The Morgan fingerprint density at radius 1 is 1.59 bits per heavy atom. The molecule has 1 amide bonds. The molecular formula is C9H13N3O4S. The minimum atomic E-state index is -1.08. The van der Waals surface area contributed by atoms with Crippen molar-refractivity contribution < 1.29 is 19.2 Å². The molecule has 0 aliphatic heterocycles. The summed E-state index contributed by atoms with van der Waals surface area (Å²) >= 11 is 1.51. The lowest BCUT2D eigenvalue weighted by Crippen LogP contribution is -2.41. The summed E-state index contributed by atoms with van der Waals surface area (Å²) in [7, 11) is 0. The summed E-state index contributed by atoms with van der Waals surface area (Å²) in [4.78, 5) is 26.2. The molecular weight excluding hydrogens is 246 g/mol. The first-order valence-electron chi connectivity index (χ1n) is 4.87. The Labute approximate surface area is 102 Å². The molecule has 94 valence electrons. The van der Waals surface area contributed by atoms with Gasteiger partial charge < -0.3 is 14.9 Å². The molecule has 0 aliphatic carbocycles. The number of amides is 1. The van der Waals surface area contributed by atoms with Crippen LogP contribution in [0, 0.1) is 6.92 Å². The van der Waals surface area contributed by atoms with E-state index in [1.165, 1.54) is 11.8 Å². The fraction of sp³-hybridized carbons (Fsp3) is 0.556. The molecule has 0 saturated carbocycles. The lowest BCUT2D eigenvalue weighted by molar-refractivity contribution is -0.139. The maximum Gasteiger partial charge on any atom is 0.326 e. The first kappa shape index (κ1) is 13.5. The van der Waals surface area contributed by atoms with Crippen molar-refractivity contribution in [2.24, 2.45) is 0 Å². The molecule has 0 bridgehead atoms. The Kier molecular flexibility index (Phi) is 4.95. The van der Waals surface area contributed by atoms with Crippen LogP contribution in [0.5, 0.6) is 0 Å². The zero-order valence-electron chi connectivity index (χ0n) is 9.47. The molecule has 0 saturated heterocycles. The summed E-state index contributed by atoms with van der Waals surface area (Å²) < 4.78 is 4.64. The van der Waals surface area contributed by atoms with Crippen LogP contribution in [0.3, 0.4) is 0 Å². The van der Waals surface area contributed by atoms with Crippen molar-refractivity contribution in [3.05, 3.63) is 11.7 Å². The average molecular weight is 259 g/mol. The normalized spacial score (nSPS) is 12.1. The lowest BCUT2D eigenvalue weighted by atomic mass is 10.2. The molecule has 1 heterocycles. The Morgan fingerprint density at radius 2 is 2.29 bits per heavy atom. The van der Waals surface area contributed by atoms with E-state index in [1.807, 2.05) is 6.26 Å². The summed E-state index contributed by atoms with van der Waals surface area (Å²) in [5, 5.41) is 14.7. The molecule has 2 N–H and O–H groups in total. The van der Waals surface area contributed by atoms with Gasteiger partial charge in [0.15, 0.2) is 0 Å². The highest BCUT2D eigenvalue weighted by atomic mass is 32.2. The average Bonchev–Trinajstić information content (AvgIpc) is 2.70. The fourth-order valence-electron chi connectivity index (χ4n) is 1.11. The molecule has 0 fully saturated rings. The Morgan fingerprint density at radius 3 is 2.76 bits per heavy atom. The maximum atomic E-state index is 11.6. The Hall–Kier alpha value is -1.57. The zero-order valence-corrected chi connectivity index (χ0v) is 10.3. The van der Waals surface area contributed by atoms with Crippen molar-refractivity contribution in [3.63, 3.8) is 0 Å². The number of thioether (sulfide) groups is 1. The van der Waals surface area contributed by atoms with E-state index in [9.17, 15) is 9.59 Å². The lowest BCUT2D eigenvalue weighted by Gasteiger charge is -2.11. The summed E-state index contributed by atoms with van der Waals surface area (Å²) in [5.41, 5.74) is 0. The number of carbonyl (C=O) groups is 2. The number of rotatable bonds is 6. The van der Waals surface area contributed by atoms with Crippen molar-refractivity contribution in [1.29, 1.82) is 0 Å². The highest BCUT2D eigenvalue weighted by Crippen LogP contribution is 2.02. The van der Waals surface area contributed by atoms with Crippen LogP contribution in [-0.2, 0) is 4.79 Å². The first-order valence-corrected chi connectivity index (χ1v) is 6.27. The molecule has 17 heavy (non-hydrogen) atoms. The third-order valence-corrected chi connectivity index (χ3v) is 2.59. The fourth-order valence-corrected chi connectivity index (χ4v) is 1.58. The Balaban J connectivity index is 2.60. The Bertz CT molecular complexity index is 407. The molecule has 1 atom stereocenters. The van der Waals surface area contributed by atoms with E-state index in [-0.39, 0.29) is 11.7 Å². The van der Waals surface area contributed by atoms with Gasteiger partial charge >= 0.3 is 5.97 Å². The monoisotopic (exact) mass is 259 g/mol. The number of nitrogens with zero attached hydrogens (tertiary/aromatic N) is 2. The van der Waals surface area contributed by atoms with Crippen molar-refractivity contribution in [2.45, 2.75) is 19.4 Å². The summed E-state index contributed by atoms with van der Waals surface area (Å²) in [6.45, 7) is 1.55. The van der Waals surface area contributed by atoms with Crippen molar-refractivity contribution in [3.8, 4) is 0 Å². The first-order chi connectivity index (χ1) is 8.04. The number of hydrogen-bond donors (Lipinski definition) is 2. The van der Waals surface area contributed by atoms with E-state index in [2.05, 4.69) is 20.0 Å². The van der Waals surface area contributed by atoms with Crippen LogP contribution in [0.4, 0.5) is 0 Å². The second-order valence-electron chi connectivity index (χ2n) is 3.28. The summed E-state index contributed by atoms with van der Waals surface area (Å²) in [6, 6.07) is -0.936. The van der Waals surface area contributed by atoms with Crippen LogP contribution < -0.4 is 5.32 Å². The molecule has 0 aliphatic rings. The van der Waals surface area contributed by atoms with Gasteiger partial charge in [0, 0.05) is 6.92 Å². The van der Waals surface area contributed by atoms with Crippen LogP contribution in [-0.4, -0.2) is 45.2 Å². The SMILES string of the molecule is CSCCC(NC(=O)c1noc(C)n1)C(=O)O. The van der Waals surface area contributed by atoms with Crippen LogP contribution in [0.2, 0.25) is 0 Å². The summed E-state index contributed by atoms with van der Waals surface area (Å²) in [6.07, 6.45) is 2.21. The second kappa shape index (κ2) is 6.24. The molecule has 0 spiro atoms. The minimum absolute atomic E-state index is 0.155. The van der Waals surface area contributed by atoms with Crippen LogP contribution in [0.15, 0.2) is 4.52 Å². The molecule has 0 radical (unpaired) electrons. The van der Waals surface area contributed by atoms with Gasteiger partial charge in [-0.3, -0.25) is 4.79 Å². The van der Waals surface area contributed by atoms with Gasteiger partial charge in [-0.1, -0.05) is 5.16 Å². The van der Waals surface area contributed by atoms with E-state index < -0.39 is 17.9 Å². The van der Waals surface area contributed by atoms with Crippen LogP contribution >= 0.6 is 11.8 Å². The van der Waals surface area contributed by atoms with Crippen LogP contribution in [0.1, 0.15) is 22.9 Å². The van der Waals surface area contributed by atoms with E-state index in [1.54, 1.807) is 6.92 Å². The van der Waals surface area contributed by atoms with Crippen molar-refractivity contribution in [1.82, 2.24) is 15.5 Å². The van der Waals surface area contributed by atoms with E-state index >= 15 is 0 Å². The topological polar surface area (TPSA) is 105 Å². The second-order valence-corrected chi connectivity index (χ2v) is 4.27. The van der Waals surface area contributed by atoms with Gasteiger partial charge in [-0.05, 0) is 18.4 Å². The molecule has 0 aromatic carbocycles. The number of carboxylic acids is 1. The van der Waals surface area contributed by atoms with E-state index in [4.69, 9.17) is 5.11 Å². The van der Waals surface area contributed by atoms with Gasteiger partial charge in [-0.25, -0.2) is 4.79 Å². The number of aromatic nitrogens is 2. The van der Waals surface area contributed by atoms with Gasteiger partial charge in [-0.2, -0.15) is 16.7 Å². The van der Waals surface area contributed by atoms with E-state index in [0.717, 1.165) is 0 Å². The quantitative estimate of drug-likeness (QED) is 0.757.